The smallest absolute Gasteiger partial charge is 0.395 e. The van der Waals surface area contributed by atoms with Crippen molar-refractivity contribution in [2.75, 3.05) is 7.05 Å². The van der Waals surface area contributed by atoms with Crippen molar-refractivity contribution >= 4 is 16.3 Å². The lowest BCUT2D eigenvalue weighted by Crippen LogP contribution is -3.00. The number of rotatable bonds is 3. The summed E-state index contributed by atoms with van der Waals surface area (Å²) in [7, 11) is -2.17. The summed E-state index contributed by atoms with van der Waals surface area (Å²) < 4.78 is 29.2. The van der Waals surface area contributed by atoms with Crippen molar-refractivity contribution in [3.63, 3.8) is 0 Å². The summed E-state index contributed by atoms with van der Waals surface area (Å²) in [6, 6.07) is 6.50. The summed E-state index contributed by atoms with van der Waals surface area (Å²) >= 11 is 0. The Balaban J connectivity index is 0.00000225. The minimum absolute atomic E-state index is 0. The zero-order chi connectivity index (χ0) is 11.5. The normalized spacial score (nSPS) is 11.8. The summed E-state index contributed by atoms with van der Waals surface area (Å²) in [4.78, 5) is 0.154. The molecule has 1 aromatic carbocycles. The van der Waals surface area contributed by atoms with Gasteiger partial charge in [0.2, 0.25) is 0 Å². The van der Waals surface area contributed by atoms with Gasteiger partial charge in [-0.2, -0.15) is 8.42 Å². The Hall–Kier alpha value is -1.07. The van der Waals surface area contributed by atoms with Crippen molar-refractivity contribution in [1.82, 2.24) is 0 Å². The second-order valence-corrected chi connectivity index (χ2v) is 4.67. The van der Waals surface area contributed by atoms with Crippen LogP contribution in [0.3, 0.4) is 0 Å². The molecule has 0 aliphatic carbocycles. The lowest BCUT2D eigenvalue weighted by Gasteiger charge is -2.00. The lowest BCUT2D eigenvalue weighted by molar-refractivity contribution is -0.720. The molecular formula is C10H14ClNO3S. The number of hydrogen-bond acceptors (Lipinski definition) is 3. The van der Waals surface area contributed by atoms with Gasteiger partial charge in [0.15, 0.2) is 13.3 Å². The SMILES string of the molecule is CC=[N+](C)OS(=O)(=O)c1ccc(C)cc1.[Cl-]. The molecule has 1 rings (SSSR count). The van der Waals surface area contributed by atoms with E-state index in [0.29, 0.717) is 0 Å². The Bertz CT molecular complexity index is 465. The quantitative estimate of drug-likeness (QED) is 0.373. The predicted octanol–water partition coefficient (Wildman–Crippen LogP) is -1.65. The predicted molar refractivity (Wildman–Crippen MR) is 57.4 cm³/mol. The largest absolute Gasteiger partial charge is 1.00 e. The monoisotopic (exact) mass is 263 g/mol. The molecule has 1 aromatic rings. The standard InChI is InChI=1S/C10H14NO3S.ClH/c1-4-11(3)14-15(12,13)10-7-5-9(2)6-8-10;/h4-8H,1-3H3;1H/q+1;/p-1. The molecule has 0 aromatic heterocycles. The molecule has 0 saturated carbocycles. The average Bonchev–Trinajstić information content (AvgIpc) is 2.17. The van der Waals surface area contributed by atoms with E-state index in [9.17, 15) is 8.42 Å². The Morgan fingerprint density at radius 2 is 1.75 bits per heavy atom. The number of hydroxylamine groups is 1. The van der Waals surface area contributed by atoms with Gasteiger partial charge in [-0.1, -0.05) is 17.7 Å². The van der Waals surface area contributed by atoms with Gasteiger partial charge >= 0.3 is 10.1 Å². The van der Waals surface area contributed by atoms with E-state index in [0.717, 1.165) is 10.3 Å². The first-order valence-corrected chi connectivity index (χ1v) is 5.90. The highest BCUT2D eigenvalue weighted by atomic mass is 35.5. The van der Waals surface area contributed by atoms with Gasteiger partial charge in [0.1, 0.15) is 4.90 Å². The van der Waals surface area contributed by atoms with Gasteiger partial charge in [-0.3, -0.25) is 0 Å². The molecule has 0 radical (unpaired) electrons. The molecule has 90 valence electrons. The molecule has 0 heterocycles. The number of benzene rings is 1. The molecule has 0 unspecified atom stereocenters. The van der Waals surface area contributed by atoms with Crippen LogP contribution in [-0.2, 0) is 14.4 Å². The van der Waals surface area contributed by atoms with Gasteiger partial charge in [0.05, 0.1) is 0 Å². The van der Waals surface area contributed by atoms with Crippen LogP contribution in [-0.4, -0.2) is 26.4 Å². The van der Waals surface area contributed by atoms with Crippen LogP contribution >= 0.6 is 0 Å². The van der Waals surface area contributed by atoms with E-state index in [4.69, 9.17) is 4.28 Å². The summed E-state index contributed by atoms with van der Waals surface area (Å²) in [5, 5.41) is 0. The third-order valence-electron chi connectivity index (χ3n) is 1.89. The first-order chi connectivity index (χ1) is 6.95. The van der Waals surface area contributed by atoms with Crippen LogP contribution in [0.5, 0.6) is 0 Å². The fourth-order valence-corrected chi connectivity index (χ4v) is 1.90. The van der Waals surface area contributed by atoms with Crippen molar-refractivity contribution in [3.8, 4) is 0 Å². The molecule has 16 heavy (non-hydrogen) atoms. The minimum Gasteiger partial charge on any atom is -1.00 e. The second kappa shape index (κ2) is 5.86. The van der Waals surface area contributed by atoms with Crippen LogP contribution in [0, 0.1) is 6.92 Å². The van der Waals surface area contributed by atoms with Crippen molar-refractivity contribution in [3.05, 3.63) is 29.8 Å². The molecule has 0 aliphatic rings. The van der Waals surface area contributed by atoms with Crippen molar-refractivity contribution < 1.29 is 29.8 Å². The Morgan fingerprint density at radius 1 is 1.25 bits per heavy atom. The van der Waals surface area contributed by atoms with E-state index in [1.165, 1.54) is 25.4 Å². The van der Waals surface area contributed by atoms with E-state index in [1.54, 1.807) is 19.1 Å². The number of halogens is 1. The summed E-state index contributed by atoms with van der Waals surface area (Å²) in [5.41, 5.74) is 1.00. The highest BCUT2D eigenvalue weighted by Crippen LogP contribution is 2.12. The molecule has 0 saturated heterocycles. The summed E-state index contributed by atoms with van der Waals surface area (Å²) in [6.07, 6.45) is 1.52. The molecule has 0 amide bonds. The molecular weight excluding hydrogens is 250 g/mol. The molecule has 6 heteroatoms. The molecule has 4 nitrogen and oxygen atoms in total. The average molecular weight is 264 g/mol. The fraction of sp³-hybridized carbons (Fsp3) is 0.300. The highest BCUT2D eigenvalue weighted by molar-refractivity contribution is 7.86. The Kier molecular flexibility index (Phi) is 5.47. The van der Waals surface area contributed by atoms with Crippen molar-refractivity contribution in [2.45, 2.75) is 18.7 Å². The Morgan fingerprint density at radius 3 is 2.19 bits per heavy atom. The maximum absolute atomic E-state index is 11.6. The van der Waals surface area contributed by atoms with Crippen molar-refractivity contribution in [2.24, 2.45) is 0 Å². The van der Waals surface area contributed by atoms with E-state index in [2.05, 4.69) is 0 Å². The first-order valence-electron chi connectivity index (χ1n) is 4.49. The Labute approximate surface area is 102 Å². The van der Waals surface area contributed by atoms with Crippen LogP contribution in [0.1, 0.15) is 12.5 Å². The molecule has 0 atom stereocenters. The van der Waals surface area contributed by atoms with Crippen LogP contribution in [0.25, 0.3) is 0 Å². The molecule has 0 fully saturated rings. The van der Waals surface area contributed by atoms with Gasteiger partial charge in [-0.25, -0.2) is 0 Å². The fourth-order valence-electron chi connectivity index (χ4n) is 0.946. The second-order valence-electron chi connectivity index (χ2n) is 3.15. The van der Waals surface area contributed by atoms with Gasteiger partial charge in [0.25, 0.3) is 0 Å². The van der Waals surface area contributed by atoms with Gasteiger partial charge in [-0.15, -0.1) is 4.28 Å². The van der Waals surface area contributed by atoms with Crippen LogP contribution < -0.4 is 12.4 Å². The third-order valence-corrected chi connectivity index (χ3v) is 3.17. The van der Waals surface area contributed by atoms with Gasteiger partial charge in [0, 0.05) is 6.92 Å². The third kappa shape index (κ3) is 3.83. The molecule has 0 bridgehead atoms. The maximum atomic E-state index is 11.6. The van der Waals surface area contributed by atoms with Crippen LogP contribution in [0.2, 0.25) is 0 Å². The zero-order valence-electron chi connectivity index (χ0n) is 9.34. The topological polar surface area (TPSA) is 46.4 Å². The lowest BCUT2D eigenvalue weighted by atomic mass is 10.2. The number of nitrogens with zero attached hydrogens (tertiary/aromatic N) is 1. The maximum Gasteiger partial charge on any atom is 0.395 e. The summed E-state index contributed by atoms with van der Waals surface area (Å²) in [5.74, 6) is 0. The number of hydrogen-bond donors (Lipinski definition) is 0. The molecule has 0 N–H and O–H groups in total. The van der Waals surface area contributed by atoms with Crippen LogP contribution in [0.15, 0.2) is 29.2 Å². The van der Waals surface area contributed by atoms with Crippen molar-refractivity contribution in [1.29, 1.82) is 0 Å². The first kappa shape index (κ1) is 14.9. The summed E-state index contributed by atoms with van der Waals surface area (Å²) in [6.45, 7) is 3.58. The zero-order valence-corrected chi connectivity index (χ0v) is 10.9. The van der Waals surface area contributed by atoms with E-state index in [1.807, 2.05) is 6.92 Å². The van der Waals surface area contributed by atoms with Gasteiger partial charge < -0.3 is 12.4 Å². The van der Waals surface area contributed by atoms with Crippen LogP contribution in [0.4, 0.5) is 0 Å². The minimum atomic E-state index is -3.69. The van der Waals surface area contributed by atoms with E-state index >= 15 is 0 Å². The number of aryl methyl sites for hydroxylation is 1. The molecule has 0 aliphatic heterocycles. The van der Waals surface area contributed by atoms with Gasteiger partial charge in [-0.05, 0) is 23.8 Å². The highest BCUT2D eigenvalue weighted by Gasteiger charge is 2.20. The van der Waals surface area contributed by atoms with E-state index < -0.39 is 10.1 Å². The molecule has 0 spiro atoms. The van der Waals surface area contributed by atoms with E-state index in [-0.39, 0.29) is 17.3 Å².